The van der Waals surface area contributed by atoms with Crippen LogP contribution in [-0.4, -0.2) is 24.4 Å². The number of piperidine rings is 1. The van der Waals surface area contributed by atoms with Gasteiger partial charge in [-0.25, -0.2) is 0 Å². The molecule has 1 fully saturated rings. The largest absolute Gasteiger partial charge is 0.354 e. The molecular weight excluding hydrogens is 264 g/mol. The molecule has 4 nitrogen and oxygen atoms in total. The van der Waals surface area contributed by atoms with E-state index >= 15 is 0 Å². The van der Waals surface area contributed by atoms with Crippen molar-refractivity contribution in [1.29, 1.82) is 0 Å². The lowest BCUT2D eigenvalue weighted by Crippen LogP contribution is -2.50. The molecule has 1 saturated heterocycles. The van der Waals surface area contributed by atoms with Crippen molar-refractivity contribution in [2.75, 3.05) is 6.54 Å². The van der Waals surface area contributed by atoms with Gasteiger partial charge in [-0.1, -0.05) is 29.8 Å². The fourth-order valence-electron chi connectivity index (χ4n) is 2.13. The molecule has 1 aliphatic heterocycles. The second-order valence-electron chi connectivity index (χ2n) is 4.64. The Morgan fingerprint density at radius 2 is 2.21 bits per heavy atom. The summed E-state index contributed by atoms with van der Waals surface area (Å²) in [5, 5.41) is 6.18. The van der Waals surface area contributed by atoms with E-state index in [-0.39, 0.29) is 17.9 Å². The van der Waals surface area contributed by atoms with Crippen LogP contribution in [0.2, 0.25) is 5.02 Å². The highest BCUT2D eigenvalue weighted by Gasteiger charge is 2.23. The lowest BCUT2D eigenvalue weighted by molar-refractivity contribution is -0.130. The van der Waals surface area contributed by atoms with E-state index in [0.29, 0.717) is 30.8 Å². The van der Waals surface area contributed by atoms with Crippen LogP contribution in [0.3, 0.4) is 0 Å². The Hall–Kier alpha value is -1.55. The zero-order valence-electron chi connectivity index (χ0n) is 10.6. The zero-order valence-corrected chi connectivity index (χ0v) is 11.4. The van der Waals surface area contributed by atoms with Gasteiger partial charge in [0.25, 0.3) is 0 Å². The van der Waals surface area contributed by atoms with Gasteiger partial charge in [-0.3, -0.25) is 9.59 Å². The third-order valence-corrected chi connectivity index (χ3v) is 3.57. The van der Waals surface area contributed by atoms with Crippen molar-refractivity contribution < 1.29 is 9.59 Å². The molecule has 0 radical (unpaired) electrons. The first-order chi connectivity index (χ1) is 9.16. The molecule has 2 amide bonds. The number of carbonyl (C=O) groups is 2. The van der Waals surface area contributed by atoms with E-state index in [9.17, 15) is 9.59 Å². The van der Waals surface area contributed by atoms with E-state index in [1.807, 2.05) is 24.3 Å². The van der Waals surface area contributed by atoms with Crippen LogP contribution in [0, 0.1) is 0 Å². The van der Waals surface area contributed by atoms with Crippen LogP contribution in [0.4, 0.5) is 0 Å². The van der Waals surface area contributed by atoms with Crippen molar-refractivity contribution >= 4 is 23.4 Å². The third kappa shape index (κ3) is 3.96. The number of hydrogen-bond acceptors (Lipinski definition) is 2. The monoisotopic (exact) mass is 280 g/mol. The molecule has 102 valence electrons. The zero-order chi connectivity index (χ0) is 13.7. The van der Waals surface area contributed by atoms with E-state index in [2.05, 4.69) is 10.6 Å². The molecular formula is C14H17ClN2O2. The van der Waals surface area contributed by atoms with Gasteiger partial charge in [0, 0.05) is 18.0 Å². The van der Waals surface area contributed by atoms with Gasteiger partial charge in [0.05, 0.1) is 0 Å². The van der Waals surface area contributed by atoms with Crippen molar-refractivity contribution in [3.05, 3.63) is 34.9 Å². The summed E-state index contributed by atoms with van der Waals surface area (Å²) in [5.74, 6) is -0.195. The van der Waals surface area contributed by atoms with Gasteiger partial charge in [0.15, 0.2) is 0 Å². The molecule has 0 bridgehead atoms. The fraction of sp³-hybridized carbons (Fsp3) is 0.429. The van der Waals surface area contributed by atoms with Gasteiger partial charge >= 0.3 is 0 Å². The summed E-state index contributed by atoms with van der Waals surface area (Å²) in [5.41, 5.74) is 0.951. The maximum atomic E-state index is 11.8. The highest BCUT2D eigenvalue weighted by molar-refractivity contribution is 6.31. The summed E-state index contributed by atoms with van der Waals surface area (Å²) in [7, 11) is 0. The van der Waals surface area contributed by atoms with Gasteiger partial charge in [-0.2, -0.15) is 0 Å². The normalized spacial score (nSPS) is 18.8. The van der Waals surface area contributed by atoms with Crippen LogP contribution in [0.15, 0.2) is 24.3 Å². The van der Waals surface area contributed by atoms with E-state index < -0.39 is 0 Å². The first-order valence-corrected chi connectivity index (χ1v) is 6.85. The third-order valence-electron chi connectivity index (χ3n) is 3.20. The standard InChI is InChI=1S/C14H17ClN2O2/c15-11-5-2-1-4-10(11)7-8-13(18)17-12-6-3-9-16-14(12)19/h1-2,4-5,12H,3,6-9H2,(H,16,19)(H,17,18)/t12-/m0/s1. The number of benzene rings is 1. The Morgan fingerprint density at radius 3 is 2.95 bits per heavy atom. The summed E-state index contributed by atoms with van der Waals surface area (Å²) in [6.07, 6.45) is 2.54. The van der Waals surface area contributed by atoms with Crippen LogP contribution in [0.25, 0.3) is 0 Å². The number of nitrogens with one attached hydrogen (secondary N) is 2. The minimum absolute atomic E-state index is 0.0858. The summed E-state index contributed by atoms with van der Waals surface area (Å²) in [6, 6.07) is 7.09. The highest BCUT2D eigenvalue weighted by Crippen LogP contribution is 2.16. The molecule has 0 saturated carbocycles. The average molecular weight is 281 g/mol. The van der Waals surface area contributed by atoms with Crippen LogP contribution < -0.4 is 10.6 Å². The number of rotatable bonds is 4. The molecule has 2 rings (SSSR count). The first kappa shape index (κ1) is 13.9. The number of carbonyl (C=O) groups excluding carboxylic acids is 2. The highest BCUT2D eigenvalue weighted by atomic mass is 35.5. The second-order valence-corrected chi connectivity index (χ2v) is 5.05. The van der Waals surface area contributed by atoms with E-state index in [4.69, 9.17) is 11.6 Å². The van der Waals surface area contributed by atoms with Crippen molar-refractivity contribution in [3.8, 4) is 0 Å². The van der Waals surface area contributed by atoms with Crippen LogP contribution in [0.5, 0.6) is 0 Å². The summed E-state index contributed by atoms with van der Waals surface area (Å²) >= 11 is 6.03. The molecule has 2 N–H and O–H groups in total. The maximum absolute atomic E-state index is 11.8. The Kier molecular flexibility index (Phi) is 4.80. The van der Waals surface area contributed by atoms with Gasteiger partial charge < -0.3 is 10.6 Å². The molecule has 19 heavy (non-hydrogen) atoms. The lowest BCUT2D eigenvalue weighted by atomic mass is 10.1. The van der Waals surface area contributed by atoms with Gasteiger partial charge in [0.1, 0.15) is 6.04 Å². The number of hydrogen-bond donors (Lipinski definition) is 2. The van der Waals surface area contributed by atoms with Crippen molar-refractivity contribution in [2.24, 2.45) is 0 Å². The van der Waals surface area contributed by atoms with Crippen LogP contribution in [0.1, 0.15) is 24.8 Å². The number of aryl methyl sites for hydroxylation is 1. The van der Waals surface area contributed by atoms with Crippen molar-refractivity contribution in [1.82, 2.24) is 10.6 Å². The minimum atomic E-state index is -0.382. The number of amides is 2. The molecule has 0 spiro atoms. The Bertz CT molecular complexity index is 476. The molecule has 5 heteroatoms. The predicted octanol–water partition coefficient (Wildman–Crippen LogP) is 1.67. The Balaban J connectivity index is 1.81. The SMILES string of the molecule is O=C(CCc1ccccc1Cl)N[C@H]1CCCNC1=O. The van der Waals surface area contributed by atoms with Crippen LogP contribution in [-0.2, 0) is 16.0 Å². The van der Waals surface area contributed by atoms with Gasteiger partial charge in [-0.05, 0) is 30.9 Å². The Morgan fingerprint density at radius 1 is 1.42 bits per heavy atom. The van der Waals surface area contributed by atoms with Crippen LogP contribution >= 0.6 is 11.6 Å². The molecule has 0 aliphatic carbocycles. The average Bonchev–Trinajstić information content (AvgIpc) is 2.40. The molecule has 1 aliphatic rings. The minimum Gasteiger partial charge on any atom is -0.354 e. The summed E-state index contributed by atoms with van der Waals surface area (Å²) in [4.78, 5) is 23.3. The smallest absolute Gasteiger partial charge is 0.242 e. The maximum Gasteiger partial charge on any atom is 0.242 e. The predicted molar refractivity (Wildman–Crippen MR) is 73.9 cm³/mol. The fourth-order valence-corrected chi connectivity index (χ4v) is 2.36. The van der Waals surface area contributed by atoms with E-state index in [1.54, 1.807) is 0 Å². The number of halogens is 1. The molecule has 1 atom stereocenters. The van der Waals surface area contributed by atoms with E-state index in [1.165, 1.54) is 0 Å². The molecule has 0 unspecified atom stereocenters. The molecule has 1 heterocycles. The summed E-state index contributed by atoms with van der Waals surface area (Å²) in [6.45, 7) is 0.699. The second kappa shape index (κ2) is 6.57. The van der Waals surface area contributed by atoms with E-state index in [0.717, 1.165) is 12.0 Å². The lowest BCUT2D eigenvalue weighted by Gasteiger charge is -2.22. The first-order valence-electron chi connectivity index (χ1n) is 6.47. The van der Waals surface area contributed by atoms with Gasteiger partial charge in [-0.15, -0.1) is 0 Å². The van der Waals surface area contributed by atoms with Gasteiger partial charge in [0.2, 0.25) is 11.8 Å². The molecule has 1 aromatic rings. The molecule has 0 aromatic heterocycles. The van der Waals surface area contributed by atoms with Crippen molar-refractivity contribution in [2.45, 2.75) is 31.7 Å². The molecule has 1 aromatic carbocycles. The topological polar surface area (TPSA) is 58.2 Å². The quantitative estimate of drug-likeness (QED) is 0.881. The summed E-state index contributed by atoms with van der Waals surface area (Å²) < 4.78 is 0. The van der Waals surface area contributed by atoms with Crippen molar-refractivity contribution in [3.63, 3.8) is 0 Å². The Labute approximate surface area is 117 Å².